The van der Waals surface area contributed by atoms with Crippen LogP contribution in [0.1, 0.15) is 32.8 Å². The number of nitrogen functional groups attached to an aromatic ring is 1. The molecule has 43 heavy (non-hydrogen) atoms. The quantitative estimate of drug-likeness (QED) is 0.146. The number of carbonyl (C=O) groups is 1. The van der Waals surface area contributed by atoms with Crippen molar-refractivity contribution in [2.24, 2.45) is 0 Å². The zero-order chi connectivity index (χ0) is 31.1. The third kappa shape index (κ3) is 7.88. The fourth-order valence-corrected chi connectivity index (χ4v) is 14.2. The number of ether oxygens (including phenoxy) is 1. The van der Waals surface area contributed by atoms with Gasteiger partial charge in [0, 0.05) is 0 Å². The Morgan fingerprint density at radius 1 is 0.884 bits per heavy atom. The molecular weight excluding hydrogens is 657 g/mol. The Balaban J connectivity index is 1.60. The summed E-state index contributed by atoms with van der Waals surface area (Å²) in [6.07, 6.45) is 1.91. The minimum absolute atomic E-state index is 0.126. The zero-order valence-corrected chi connectivity index (χ0v) is 30.2. The number of hydrogen-bond acceptors (Lipinski definition) is 5. The van der Waals surface area contributed by atoms with Gasteiger partial charge < -0.3 is 0 Å². The van der Waals surface area contributed by atoms with Crippen LogP contribution in [0.3, 0.4) is 0 Å². The predicted octanol–water partition coefficient (Wildman–Crippen LogP) is 6.32. The van der Waals surface area contributed by atoms with Crippen molar-refractivity contribution in [1.82, 2.24) is 4.98 Å². The molecule has 2 N–H and O–H groups in total. The van der Waals surface area contributed by atoms with Crippen LogP contribution < -0.4 is 24.6 Å². The molecule has 8 heteroatoms. The van der Waals surface area contributed by atoms with Crippen LogP contribution in [0.15, 0.2) is 103 Å². The molecule has 0 saturated carbocycles. The molecule has 1 heterocycles. The molecule has 1 aromatic heterocycles. The van der Waals surface area contributed by atoms with Gasteiger partial charge in [0.2, 0.25) is 0 Å². The number of nitrogens with two attached hydrogens (primary N) is 1. The van der Waals surface area contributed by atoms with Gasteiger partial charge in [-0.3, -0.25) is 0 Å². The number of anilines is 2. The van der Waals surface area contributed by atoms with Crippen molar-refractivity contribution in [3.05, 3.63) is 109 Å². The van der Waals surface area contributed by atoms with Gasteiger partial charge in [-0.05, 0) is 0 Å². The summed E-state index contributed by atoms with van der Waals surface area (Å²) in [5, 5.41) is 2.34. The molecule has 0 aliphatic rings. The van der Waals surface area contributed by atoms with Crippen molar-refractivity contribution in [2.45, 2.75) is 53.7 Å². The molecule has 0 aliphatic carbocycles. The van der Waals surface area contributed by atoms with Crippen LogP contribution in [-0.4, -0.2) is 50.9 Å². The number of carbonyl (C=O) groups excluding carboxylic acids is 1. The van der Waals surface area contributed by atoms with Gasteiger partial charge in [-0.1, -0.05) is 12.1 Å². The van der Waals surface area contributed by atoms with E-state index in [1.807, 2.05) is 48.5 Å². The Morgan fingerprint density at radius 3 is 1.93 bits per heavy atom. The van der Waals surface area contributed by atoms with Gasteiger partial charge in [0.25, 0.3) is 0 Å². The number of rotatable bonds is 11. The second-order valence-corrected chi connectivity index (χ2v) is 31.6. The van der Waals surface area contributed by atoms with E-state index in [2.05, 4.69) is 89.1 Å². The van der Waals surface area contributed by atoms with E-state index < -0.39 is 32.8 Å². The van der Waals surface area contributed by atoms with Crippen LogP contribution in [0.2, 0.25) is 19.9 Å². The zero-order valence-electron chi connectivity index (χ0n) is 26.3. The summed E-state index contributed by atoms with van der Waals surface area (Å²) >= 11 is -2.61. The average Bonchev–Trinajstić information content (AvgIpc) is 2.98. The molecule has 3 aromatic carbocycles. The first kappa shape index (κ1) is 32.8. The number of hydrogen-bond donors (Lipinski definition) is 1. The van der Waals surface area contributed by atoms with Gasteiger partial charge in [-0.25, -0.2) is 0 Å². The number of amides is 1. The summed E-state index contributed by atoms with van der Waals surface area (Å²) in [6.45, 7) is 7.92. The number of aromatic nitrogens is 1. The molecule has 0 spiro atoms. The van der Waals surface area contributed by atoms with E-state index in [0.29, 0.717) is 31.1 Å². The summed E-state index contributed by atoms with van der Waals surface area (Å²) in [6, 6.07) is 33.0. The van der Waals surface area contributed by atoms with Crippen molar-refractivity contribution in [3.63, 3.8) is 0 Å². The monoisotopic (exact) mass is 703 g/mol. The van der Waals surface area contributed by atoms with E-state index in [-0.39, 0.29) is 11.6 Å². The SMILES string of the molecule is CC(C)(C)[Si](OCCCN(C(=O)OCc1ccccc1)c1cnc(N)[c]([Sn]([CH3])([CH3])[CH3])c1)(c1ccccc1)c1ccccc1. The van der Waals surface area contributed by atoms with Crippen molar-refractivity contribution < 1.29 is 14.0 Å². The minimum atomic E-state index is -2.68. The van der Waals surface area contributed by atoms with E-state index in [0.717, 1.165) is 9.14 Å². The molecular formula is C35H45N3O3SiSn. The first-order valence-electron chi connectivity index (χ1n) is 14.9. The Kier molecular flexibility index (Phi) is 10.7. The van der Waals surface area contributed by atoms with Gasteiger partial charge >= 0.3 is 251 Å². The van der Waals surface area contributed by atoms with Crippen molar-refractivity contribution in [1.29, 1.82) is 0 Å². The third-order valence-electron chi connectivity index (χ3n) is 7.71. The van der Waals surface area contributed by atoms with Crippen LogP contribution in [0.5, 0.6) is 0 Å². The summed E-state index contributed by atoms with van der Waals surface area (Å²) in [7, 11) is -2.68. The summed E-state index contributed by atoms with van der Waals surface area (Å²) in [5.74, 6) is 0.555. The molecule has 0 aliphatic heterocycles. The molecule has 1 amide bonds. The van der Waals surface area contributed by atoms with Crippen LogP contribution in [-0.2, 0) is 15.8 Å². The number of nitrogens with zero attached hydrogens (tertiary/aromatic N) is 2. The van der Waals surface area contributed by atoms with E-state index in [1.165, 1.54) is 10.4 Å². The predicted molar refractivity (Wildman–Crippen MR) is 184 cm³/mol. The maximum atomic E-state index is 13.6. The molecule has 0 unspecified atom stereocenters. The Bertz CT molecular complexity index is 1430. The normalized spacial score (nSPS) is 12.1. The standard InChI is InChI=1S/C32H36N3O3Si.3CH3.Sn/c1-32(2,3)39(28-16-9-5-10-17-28,29-18-11-6-12-19-29)38-23-13-22-35(27-20-21-30(33)34-24-27)31(36)37-25-26-14-7-4-8-15-26;;;;/h4-12,14-20,24H,13,22-23,25H2,1-3H3,(H2,33,34);3*1H3;. The van der Waals surface area contributed by atoms with Gasteiger partial charge in [0.15, 0.2) is 0 Å². The molecule has 6 nitrogen and oxygen atoms in total. The molecule has 4 aromatic rings. The van der Waals surface area contributed by atoms with Gasteiger partial charge in [-0.2, -0.15) is 0 Å². The van der Waals surface area contributed by atoms with Crippen molar-refractivity contribution >= 4 is 58.2 Å². The summed E-state index contributed by atoms with van der Waals surface area (Å²) in [4.78, 5) is 26.7. The fourth-order valence-electron chi connectivity index (χ4n) is 5.55. The molecule has 0 atom stereocenters. The van der Waals surface area contributed by atoms with Gasteiger partial charge in [-0.15, -0.1) is 0 Å². The van der Waals surface area contributed by atoms with Crippen LogP contribution in [0, 0.1) is 0 Å². The fraction of sp³-hybridized carbons (Fsp3) is 0.314. The van der Waals surface area contributed by atoms with Crippen LogP contribution >= 0.6 is 0 Å². The van der Waals surface area contributed by atoms with E-state index >= 15 is 0 Å². The van der Waals surface area contributed by atoms with E-state index in [1.54, 1.807) is 11.1 Å². The maximum absolute atomic E-state index is 13.6. The Hall–Kier alpha value is -3.14. The Labute approximate surface area is 262 Å². The van der Waals surface area contributed by atoms with Crippen molar-refractivity contribution in [3.8, 4) is 0 Å². The Morgan fingerprint density at radius 2 is 1.42 bits per heavy atom. The van der Waals surface area contributed by atoms with Crippen LogP contribution in [0.4, 0.5) is 16.3 Å². The van der Waals surface area contributed by atoms with Gasteiger partial charge in [0.05, 0.1) is 0 Å². The number of benzene rings is 3. The molecule has 0 fully saturated rings. The first-order chi connectivity index (χ1) is 20.4. The molecule has 226 valence electrons. The molecule has 4 rings (SSSR count). The first-order valence-corrected chi connectivity index (χ1v) is 26.8. The van der Waals surface area contributed by atoms with Gasteiger partial charge in [0.1, 0.15) is 0 Å². The molecule has 0 bridgehead atoms. The third-order valence-corrected chi connectivity index (χ3v) is 18.5. The molecule has 0 saturated heterocycles. The summed E-state index contributed by atoms with van der Waals surface area (Å²) < 4.78 is 14.0. The van der Waals surface area contributed by atoms with E-state index in [4.69, 9.17) is 14.9 Å². The van der Waals surface area contributed by atoms with Crippen LogP contribution in [0.25, 0.3) is 0 Å². The second kappa shape index (κ2) is 14.1. The van der Waals surface area contributed by atoms with Crippen molar-refractivity contribution in [2.75, 3.05) is 23.8 Å². The summed E-state index contributed by atoms with van der Waals surface area (Å²) in [5.41, 5.74) is 7.94. The molecule has 0 radical (unpaired) electrons. The van der Waals surface area contributed by atoms with E-state index in [9.17, 15) is 4.79 Å². The number of pyridine rings is 1. The topological polar surface area (TPSA) is 77.7 Å². The second-order valence-electron chi connectivity index (χ2n) is 12.9. The average molecular weight is 703 g/mol.